The lowest BCUT2D eigenvalue weighted by molar-refractivity contribution is -0.141. The Kier molecular flexibility index (Phi) is 6.32. The van der Waals surface area contributed by atoms with Gasteiger partial charge < -0.3 is 39.7 Å². The van der Waals surface area contributed by atoms with Crippen LogP contribution in [-0.2, 0) is 11.2 Å². The van der Waals surface area contributed by atoms with Gasteiger partial charge >= 0.3 is 6.09 Å². The Morgan fingerprint density at radius 3 is 2.58 bits per heavy atom. The van der Waals surface area contributed by atoms with Crippen LogP contribution in [0.25, 0.3) is 11.1 Å². The van der Waals surface area contributed by atoms with E-state index in [9.17, 15) is 24.9 Å². The third kappa shape index (κ3) is 4.98. The molecule has 2 amide bonds. The summed E-state index contributed by atoms with van der Waals surface area (Å²) in [6.07, 6.45) is -4.64. The molecule has 0 radical (unpaired) electrons. The van der Waals surface area contributed by atoms with Gasteiger partial charge in [-0.2, -0.15) is 5.26 Å². The summed E-state index contributed by atoms with van der Waals surface area (Å²) in [5.41, 5.74) is 1.56. The number of likely N-dealkylation sites (tertiary alicyclic amines) is 1. The molecule has 4 atom stereocenters. The Morgan fingerprint density at radius 2 is 1.94 bits per heavy atom. The van der Waals surface area contributed by atoms with Gasteiger partial charge in [-0.25, -0.2) is 4.79 Å². The molecule has 0 aliphatic carbocycles. The highest BCUT2D eigenvalue weighted by Crippen LogP contribution is 2.24. The smallest absolute Gasteiger partial charge is 0.414 e. The first-order valence-electron chi connectivity index (χ1n) is 10.2. The molecule has 172 valence electrons. The summed E-state index contributed by atoms with van der Waals surface area (Å²) >= 11 is 0. The maximum atomic E-state index is 12.8. The summed E-state index contributed by atoms with van der Waals surface area (Å²) in [6, 6.07) is 12.6. The summed E-state index contributed by atoms with van der Waals surface area (Å²) in [4.78, 5) is 29.2. The second kappa shape index (κ2) is 9.33. The summed E-state index contributed by atoms with van der Waals surface area (Å²) in [6.45, 7) is -0.239. The van der Waals surface area contributed by atoms with Crippen LogP contribution >= 0.6 is 0 Å². The molecule has 4 rings (SSSR count). The lowest BCUT2D eigenvalue weighted by Gasteiger charge is -2.26. The summed E-state index contributed by atoms with van der Waals surface area (Å²) in [5, 5.41) is 41.5. The van der Waals surface area contributed by atoms with E-state index in [0.717, 1.165) is 10.5 Å². The lowest BCUT2D eigenvalue weighted by atomic mass is 10.0. The Morgan fingerprint density at radius 1 is 1.24 bits per heavy atom. The predicted molar refractivity (Wildman–Crippen MR) is 113 cm³/mol. The Balaban J connectivity index is 1.47. The first-order valence-corrected chi connectivity index (χ1v) is 10.2. The number of aliphatic hydroxyl groups is 3. The van der Waals surface area contributed by atoms with Crippen LogP contribution in [0.2, 0.25) is 0 Å². The highest BCUT2D eigenvalue weighted by molar-refractivity contribution is 5.83. The van der Waals surface area contributed by atoms with Gasteiger partial charge in [-0.1, -0.05) is 30.3 Å². The molecule has 11 heteroatoms. The predicted octanol–water partition coefficient (Wildman–Crippen LogP) is 0.257. The molecule has 3 aromatic rings. The number of aromatic nitrogens is 1. The fourth-order valence-electron chi connectivity index (χ4n) is 3.71. The zero-order chi connectivity index (χ0) is 23.5. The molecule has 0 spiro atoms. The van der Waals surface area contributed by atoms with Crippen molar-refractivity contribution in [1.29, 1.82) is 5.26 Å². The molecule has 0 bridgehead atoms. The lowest BCUT2D eigenvalue weighted by Crippen LogP contribution is -2.53. The molecule has 2 aromatic heterocycles. The number of rotatable bonds is 6. The number of nitrogens with one attached hydrogen (secondary N) is 2. The van der Waals surface area contributed by atoms with Crippen molar-refractivity contribution in [3.63, 3.8) is 0 Å². The number of β-amino-alcohol motifs (C(OH)–C–C–N with tert-alkyl or cyclic N) is 2. The molecule has 5 N–H and O–H groups in total. The Bertz CT molecular complexity index is 1140. The number of aromatic amines is 1. The van der Waals surface area contributed by atoms with Gasteiger partial charge in [0.2, 0.25) is 11.6 Å². The van der Waals surface area contributed by atoms with E-state index < -0.39 is 36.4 Å². The number of carbonyl (C=O) groups excluding carboxylic acids is 2. The van der Waals surface area contributed by atoms with Crippen molar-refractivity contribution in [2.24, 2.45) is 0 Å². The highest BCUT2D eigenvalue weighted by atomic mass is 16.6. The highest BCUT2D eigenvalue weighted by Gasteiger charge is 2.38. The molecule has 11 nitrogen and oxygen atoms in total. The fourth-order valence-corrected chi connectivity index (χ4v) is 3.71. The molecule has 0 saturated carbocycles. The van der Waals surface area contributed by atoms with Crippen LogP contribution in [0.15, 0.2) is 46.9 Å². The van der Waals surface area contributed by atoms with E-state index in [-0.39, 0.29) is 31.2 Å². The molecular formula is C22H22N4O7. The van der Waals surface area contributed by atoms with Crippen molar-refractivity contribution in [3.05, 3.63) is 53.8 Å². The number of amides is 2. The number of aliphatic hydroxyl groups excluding tert-OH is 3. The van der Waals surface area contributed by atoms with E-state index in [2.05, 4.69) is 10.3 Å². The number of hydrogen-bond donors (Lipinski definition) is 5. The van der Waals surface area contributed by atoms with E-state index in [0.29, 0.717) is 11.1 Å². The fraction of sp³-hybridized carbons (Fsp3) is 0.318. The molecule has 33 heavy (non-hydrogen) atoms. The number of nitrogens with zero attached hydrogens (tertiary/aromatic N) is 2. The van der Waals surface area contributed by atoms with Crippen LogP contribution in [0.4, 0.5) is 4.79 Å². The number of H-pyrrole nitrogens is 1. The van der Waals surface area contributed by atoms with Crippen LogP contribution < -0.4 is 10.1 Å². The van der Waals surface area contributed by atoms with Crippen molar-refractivity contribution in [1.82, 2.24) is 15.2 Å². The average Bonchev–Trinajstić information content (AvgIpc) is 3.45. The maximum Gasteiger partial charge on any atom is 0.414 e. The minimum atomic E-state index is -1.65. The van der Waals surface area contributed by atoms with Crippen molar-refractivity contribution in [2.45, 2.75) is 30.8 Å². The summed E-state index contributed by atoms with van der Waals surface area (Å²) < 4.78 is 10.5. The van der Waals surface area contributed by atoms with E-state index in [1.54, 1.807) is 24.3 Å². The minimum absolute atomic E-state index is 0.0517. The van der Waals surface area contributed by atoms with E-state index >= 15 is 0 Å². The monoisotopic (exact) mass is 454 g/mol. The maximum absolute atomic E-state index is 12.8. The molecule has 1 aliphatic heterocycles. The third-order valence-corrected chi connectivity index (χ3v) is 5.40. The molecule has 0 unspecified atom stereocenters. The molecule has 3 heterocycles. The van der Waals surface area contributed by atoms with Gasteiger partial charge in [0.15, 0.2) is 11.7 Å². The quantitative estimate of drug-likeness (QED) is 0.353. The number of ether oxygens (including phenoxy) is 1. The Labute approximate surface area is 187 Å². The van der Waals surface area contributed by atoms with Crippen LogP contribution in [0, 0.1) is 11.3 Å². The van der Waals surface area contributed by atoms with Crippen LogP contribution in [-0.4, -0.2) is 74.6 Å². The van der Waals surface area contributed by atoms with Gasteiger partial charge in [0.1, 0.15) is 6.07 Å². The summed E-state index contributed by atoms with van der Waals surface area (Å²) in [7, 11) is 0. The Hall–Kier alpha value is -3.85. The van der Waals surface area contributed by atoms with E-state index in [4.69, 9.17) is 14.4 Å². The van der Waals surface area contributed by atoms with Crippen molar-refractivity contribution < 1.29 is 34.1 Å². The molecular weight excluding hydrogens is 432 g/mol. The number of hydrogen-bond acceptors (Lipinski definition) is 8. The first-order chi connectivity index (χ1) is 15.8. The zero-order valence-corrected chi connectivity index (χ0v) is 17.3. The molecule has 1 saturated heterocycles. The van der Waals surface area contributed by atoms with E-state index in [1.807, 2.05) is 12.1 Å². The molecule has 1 aromatic carbocycles. The van der Waals surface area contributed by atoms with E-state index in [1.165, 1.54) is 12.1 Å². The SMILES string of the molecule is N#Cc1cc2[nH]c(OC(=O)N[C@@H](Cc3ccccc3)[C@@H](O)C(=O)N3C[C@@H](O)[C@@H](O)C3)cc2o1. The number of fused-ring (bicyclic) bond motifs is 1. The van der Waals surface area contributed by atoms with Crippen molar-refractivity contribution >= 4 is 23.1 Å². The van der Waals surface area contributed by atoms with Crippen molar-refractivity contribution in [3.8, 4) is 11.9 Å². The van der Waals surface area contributed by atoms with Gasteiger partial charge in [0.05, 0.1) is 23.8 Å². The van der Waals surface area contributed by atoms with Crippen LogP contribution in [0.3, 0.4) is 0 Å². The van der Waals surface area contributed by atoms with Gasteiger partial charge in [-0.15, -0.1) is 0 Å². The van der Waals surface area contributed by atoms with Crippen LogP contribution in [0.1, 0.15) is 11.3 Å². The minimum Gasteiger partial charge on any atom is -0.444 e. The van der Waals surface area contributed by atoms with Gasteiger partial charge in [0.25, 0.3) is 5.91 Å². The standard InChI is InChI=1S/C22H22N4O7/c23-9-13-7-14-18(32-13)8-19(24-14)33-22(31)25-15(6-12-4-2-1-3-5-12)20(29)21(30)26-10-16(27)17(28)11-26/h1-5,7-8,15-17,20,24,27-29H,6,10-11H2,(H,25,31)/t15-,16-,17+,20+/m0/s1. The van der Waals surface area contributed by atoms with Crippen molar-refractivity contribution in [2.75, 3.05) is 13.1 Å². The topological polar surface area (TPSA) is 172 Å². The van der Waals surface area contributed by atoms with Gasteiger partial charge in [-0.05, 0) is 12.0 Å². The first kappa shape index (κ1) is 22.3. The normalized spacial score (nSPS) is 19.8. The number of nitriles is 1. The second-order valence-corrected chi connectivity index (χ2v) is 7.79. The molecule has 1 aliphatic rings. The van der Waals surface area contributed by atoms with Gasteiger partial charge in [0, 0.05) is 25.2 Å². The molecule has 1 fully saturated rings. The van der Waals surface area contributed by atoms with Crippen LogP contribution in [0.5, 0.6) is 5.88 Å². The summed E-state index contributed by atoms with van der Waals surface area (Å²) in [5.74, 6) is -0.571. The average molecular weight is 454 g/mol. The van der Waals surface area contributed by atoms with Gasteiger partial charge in [-0.3, -0.25) is 4.79 Å². The number of carbonyl (C=O) groups is 2. The third-order valence-electron chi connectivity index (χ3n) is 5.40. The second-order valence-electron chi connectivity index (χ2n) is 7.79. The largest absolute Gasteiger partial charge is 0.444 e. The zero-order valence-electron chi connectivity index (χ0n) is 17.3. The number of benzene rings is 1. The number of furan rings is 1.